The van der Waals surface area contributed by atoms with Crippen molar-refractivity contribution in [2.75, 3.05) is 20.2 Å². The van der Waals surface area contributed by atoms with Crippen molar-refractivity contribution in [3.05, 3.63) is 35.4 Å². The number of benzene rings is 1. The van der Waals surface area contributed by atoms with Gasteiger partial charge in [0.2, 0.25) is 0 Å². The predicted octanol–water partition coefficient (Wildman–Crippen LogP) is 2.74. The van der Waals surface area contributed by atoms with Crippen LogP contribution in [0, 0.1) is 5.92 Å². The van der Waals surface area contributed by atoms with Gasteiger partial charge in [0.05, 0.1) is 12.2 Å². The first-order chi connectivity index (χ1) is 9.61. The number of esters is 1. The number of carbonyl (C=O) groups excluding carboxylic acids is 2. The second-order valence-corrected chi connectivity index (χ2v) is 5.30. The Kier molecular flexibility index (Phi) is 4.77. The molecule has 0 heterocycles. The van der Waals surface area contributed by atoms with Crippen LogP contribution in [0.1, 0.15) is 46.9 Å². The zero-order valence-corrected chi connectivity index (χ0v) is 12.1. The fourth-order valence-electron chi connectivity index (χ4n) is 2.08. The molecule has 0 saturated heterocycles. The van der Waals surface area contributed by atoms with Gasteiger partial charge in [0, 0.05) is 19.2 Å². The van der Waals surface area contributed by atoms with Gasteiger partial charge in [-0.25, -0.2) is 4.79 Å². The molecule has 1 aromatic rings. The Balaban J connectivity index is 2.00. The van der Waals surface area contributed by atoms with E-state index in [1.54, 1.807) is 36.2 Å². The van der Waals surface area contributed by atoms with Crippen molar-refractivity contribution in [1.82, 2.24) is 4.90 Å². The summed E-state index contributed by atoms with van der Waals surface area (Å²) in [7, 11) is 1.74. The molecule has 108 valence electrons. The lowest BCUT2D eigenvalue weighted by atomic mass is 9.86. The zero-order chi connectivity index (χ0) is 14.5. The summed E-state index contributed by atoms with van der Waals surface area (Å²) in [5, 5.41) is 0. The number of rotatable bonds is 5. The SMILES string of the molecule is CCN(C)C(=O)c1cccc(C(=O)OCC2CCC2)c1. The number of ether oxygens (including phenoxy) is 1. The second kappa shape index (κ2) is 6.55. The van der Waals surface area contributed by atoms with E-state index in [-0.39, 0.29) is 11.9 Å². The molecule has 1 aliphatic carbocycles. The van der Waals surface area contributed by atoms with Crippen molar-refractivity contribution in [1.29, 1.82) is 0 Å². The number of hydrogen-bond acceptors (Lipinski definition) is 3. The van der Waals surface area contributed by atoms with Crippen LogP contribution >= 0.6 is 0 Å². The van der Waals surface area contributed by atoms with Crippen LogP contribution in [-0.2, 0) is 4.74 Å². The summed E-state index contributed by atoms with van der Waals surface area (Å²) in [4.78, 5) is 25.6. The third-order valence-electron chi connectivity index (χ3n) is 3.84. The monoisotopic (exact) mass is 275 g/mol. The fraction of sp³-hybridized carbons (Fsp3) is 0.500. The molecule has 0 unspecified atom stereocenters. The average molecular weight is 275 g/mol. The Bertz CT molecular complexity index is 494. The van der Waals surface area contributed by atoms with Gasteiger partial charge in [-0.1, -0.05) is 12.5 Å². The summed E-state index contributed by atoms with van der Waals surface area (Å²) in [5.41, 5.74) is 0.965. The van der Waals surface area contributed by atoms with E-state index in [4.69, 9.17) is 4.74 Å². The first-order valence-corrected chi connectivity index (χ1v) is 7.14. The van der Waals surface area contributed by atoms with Gasteiger partial charge < -0.3 is 9.64 Å². The molecule has 4 heteroatoms. The van der Waals surface area contributed by atoms with Crippen LogP contribution in [0.3, 0.4) is 0 Å². The van der Waals surface area contributed by atoms with E-state index < -0.39 is 0 Å². The highest BCUT2D eigenvalue weighted by molar-refractivity contribution is 5.97. The Labute approximate surface area is 119 Å². The first kappa shape index (κ1) is 14.6. The number of nitrogens with zero attached hydrogens (tertiary/aromatic N) is 1. The van der Waals surface area contributed by atoms with Gasteiger partial charge in [0.15, 0.2) is 0 Å². The van der Waals surface area contributed by atoms with Crippen LogP contribution in [0.2, 0.25) is 0 Å². The fourth-order valence-corrected chi connectivity index (χ4v) is 2.08. The number of hydrogen-bond donors (Lipinski definition) is 0. The third-order valence-corrected chi connectivity index (χ3v) is 3.84. The van der Waals surface area contributed by atoms with Gasteiger partial charge in [-0.3, -0.25) is 4.79 Å². The standard InChI is InChI=1S/C16H21NO3/c1-3-17(2)15(18)13-8-5-9-14(10-13)16(19)20-11-12-6-4-7-12/h5,8-10,12H,3-4,6-7,11H2,1-2H3. The molecule has 1 fully saturated rings. The molecule has 20 heavy (non-hydrogen) atoms. The van der Waals surface area contributed by atoms with E-state index >= 15 is 0 Å². The van der Waals surface area contributed by atoms with Crippen LogP contribution in [0.15, 0.2) is 24.3 Å². The Morgan fingerprint density at radius 3 is 2.60 bits per heavy atom. The van der Waals surface area contributed by atoms with Gasteiger partial charge in [-0.05, 0) is 43.9 Å². The lowest BCUT2D eigenvalue weighted by Gasteiger charge is -2.24. The Morgan fingerprint density at radius 2 is 2.00 bits per heavy atom. The molecule has 0 aliphatic heterocycles. The minimum Gasteiger partial charge on any atom is -0.462 e. The lowest BCUT2D eigenvalue weighted by Crippen LogP contribution is -2.26. The summed E-state index contributed by atoms with van der Waals surface area (Å²) in [6.45, 7) is 3.04. The van der Waals surface area contributed by atoms with Gasteiger partial charge in [-0.15, -0.1) is 0 Å². The lowest BCUT2D eigenvalue weighted by molar-refractivity contribution is 0.0371. The van der Waals surface area contributed by atoms with E-state index in [9.17, 15) is 9.59 Å². The molecule has 0 atom stereocenters. The maximum Gasteiger partial charge on any atom is 0.338 e. The minimum absolute atomic E-state index is 0.0823. The molecule has 0 N–H and O–H groups in total. The molecule has 4 nitrogen and oxygen atoms in total. The van der Waals surface area contributed by atoms with Crippen molar-refractivity contribution >= 4 is 11.9 Å². The molecule has 0 bridgehead atoms. The zero-order valence-electron chi connectivity index (χ0n) is 12.1. The molecule has 0 aromatic heterocycles. The van der Waals surface area contributed by atoms with Crippen LogP contribution in [-0.4, -0.2) is 37.0 Å². The molecule has 1 aromatic carbocycles. The van der Waals surface area contributed by atoms with Crippen molar-refractivity contribution in [3.63, 3.8) is 0 Å². The maximum atomic E-state index is 12.0. The molecule has 2 rings (SSSR count). The first-order valence-electron chi connectivity index (χ1n) is 7.14. The van der Waals surface area contributed by atoms with Gasteiger partial charge in [-0.2, -0.15) is 0 Å². The summed E-state index contributed by atoms with van der Waals surface area (Å²) in [5.74, 6) is 0.0989. The van der Waals surface area contributed by atoms with Crippen molar-refractivity contribution in [2.24, 2.45) is 5.92 Å². The topological polar surface area (TPSA) is 46.6 Å². The quantitative estimate of drug-likeness (QED) is 0.776. The van der Waals surface area contributed by atoms with Gasteiger partial charge in [0.1, 0.15) is 0 Å². The Morgan fingerprint density at radius 1 is 1.30 bits per heavy atom. The van der Waals surface area contributed by atoms with E-state index in [0.29, 0.717) is 30.2 Å². The smallest absolute Gasteiger partial charge is 0.338 e. The van der Waals surface area contributed by atoms with Crippen molar-refractivity contribution in [3.8, 4) is 0 Å². The van der Waals surface area contributed by atoms with E-state index in [2.05, 4.69) is 0 Å². The highest BCUT2D eigenvalue weighted by Gasteiger charge is 2.20. The molecule has 1 saturated carbocycles. The molecule has 1 aliphatic rings. The van der Waals surface area contributed by atoms with Crippen molar-refractivity contribution < 1.29 is 14.3 Å². The van der Waals surface area contributed by atoms with Gasteiger partial charge in [0.25, 0.3) is 5.91 Å². The average Bonchev–Trinajstić information content (AvgIpc) is 2.44. The largest absolute Gasteiger partial charge is 0.462 e. The molecular formula is C16H21NO3. The minimum atomic E-state index is -0.342. The van der Waals surface area contributed by atoms with E-state index in [0.717, 1.165) is 12.8 Å². The van der Waals surface area contributed by atoms with Gasteiger partial charge >= 0.3 is 5.97 Å². The molecular weight excluding hydrogens is 254 g/mol. The Hall–Kier alpha value is -1.84. The molecule has 1 amide bonds. The highest BCUT2D eigenvalue weighted by Crippen LogP contribution is 2.26. The summed E-state index contributed by atoms with van der Waals surface area (Å²) >= 11 is 0. The molecule has 0 radical (unpaired) electrons. The van der Waals surface area contributed by atoms with E-state index in [1.807, 2.05) is 6.92 Å². The second-order valence-electron chi connectivity index (χ2n) is 5.30. The van der Waals surface area contributed by atoms with E-state index in [1.165, 1.54) is 6.42 Å². The van der Waals surface area contributed by atoms with Crippen LogP contribution in [0.25, 0.3) is 0 Å². The predicted molar refractivity (Wildman–Crippen MR) is 76.7 cm³/mol. The van der Waals surface area contributed by atoms with Crippen LogP contribution in [0.5, 0.6) is 0 Å². The molecule has 0 spiro atoms. The van der Waals surface area contributed by atoms with Crippen LogP contribution in [0.4, 0.5) is 0 Å². The summed E-state index contributed by atoms with van der Waals surface area (Å²) in [6.07, 6.45) is 3.52. The number of carbonyl (C=O) groups is 2. The number of amides is 1. The highest BCUT2D eigenvalue weighted by atomic mass is 16.5. The van der Waals surface area contributed by atoms with Crippen molar-refractivity contribution in [2.45, 2.75) is 26.2 Å². The summed E-state index contributed by atoms with van der Waals surface area (Å²) < 4.78 is 5.29. The normalized spacial score (nSPS) is 14.5. The summed E-state index contributed by atoms with van der Waals surface area (Å²) in [6, 6.07) is 6.73. The third kappa shape index (κ3) is 3.38. The van der Waals surface area contributed by atoms with Crippen LogP contribution < -0.4 is 0 Å². The maximum absolute atomic E-state index is 12.0.